The molecular formula is C14H14BrNS. The molecule has 1 saturated heterocycles. The zero-order valence-corrected chi connectivity index (χ0v) is 11.9. The third-order valence-electron chi connectivity index (χ3n) is 3.19. The molecular weight excluding hydrogens is 294 g/mol. The lowest BCUT2D eigenvalue weighted by atomic mass is 10.1. The fourth-order valence-electron chi connectivity index (χ4n) is 2.28. The van der Waals surface area contributed by atoms with E-state index in [1.807, 2.05) is 0 Å². The van der Waals surface area contributed by atoms with Crippen molar-refractivity contribution < 1.29 is 0 Å². The third kappa shape index (κ3) is 2.40. The predicted molar refractivity (Wildman–Crippen MR) is 78.9 cm³/mol. The number of hydrogen-bond acceptors (Lipinski definition) is 2. The van der Waals surface area contributed by atoms with Gasteiger partial charge in [0.2, 0.25) is 0 Å². The number of halogens is 1. The van der Waals surface area contributed by atoms with Crippen molar-refractivity contribution in [2.45, 2.75) is 12.8 Å². The van der Waals surface area contributed by atoms with Crippen LogP contribution in [0.5, 0.6) is 0 Å². The van der Waals surface area contributed by atoms with Gasteiger partial charge in [-0.3, -0.25) is 0 Å². The molecule has 0 saturated carbocycles. The van der Waals surface area contributed by atoms with Gasteiger partial charge in [0.15, 0.2) is 0 Å². The van der Waals surface area contributed by atoms with Crippen LogP contribution in [-0.2, 0) is 0 Å². The summed E-state index contributed by atoms with van der Waals surface area (Å²) in [7, 11) is 0. The topological polar surface area (TPSA) is 3.24 Å². The SMILES string of the molecule is Brc1csc(-c2ccc(N3CCCC3)cc2)c1. The number of thiophene rings is 1. The quantitative estimate of drug-likeness (QED) is 0.772. The minimum atomic E-state index is 1.17. The molecule has 0 unspecified atom stereocenters. The molecule has 1 fully saturated rings. The Kier molecular flexibility index (Phi) is 3.21. The molecule has 1 nitrogen and oxygen atoms in total. The maximum Gasteiger partial charge on any atom is 0.0366 e. The van der Waals surface area contributed by atoms with Crippen molar-refractivity contribution in [3.8, 4) is 10.4 Å². The maximum absolute atomic E-state index is 3.50. The Hall–Kier alpha value is -0.800. The second kappa shape index (κ2) is 4.83. The van der Waals surface area contributed by atoms with E-state index in [9.17, 15) is 0 Å². The van der Waals surface area contributed by atoms with Gasteiger partial charge in [-0.15, -0.1) is 11.3 Å². The van der Waals surface area contributed by atoms with Gasteiger partial charge in [0.25, 0.3) is 0 Å². The van der Waals surface area contributed by atoms with Crippen LogP contribution in [0.1, 0.15) is 12.8 Å². The molecule has 0 N–H and O–H groups in total. The van der Waals surface area contributed by atoms with Crippen LogP contribution in [0, 0.1) is 0 Å². The summed E-state index contributed by atoms with van der Waals surface area (Å²) < 4.78 is 1.17. The highest BCUT2D eigenvalue weighted by Crippen LogP contribution is 2.31. The lowest BCUT2D eigenvalue weighted by molar-refractivity contribution is 0.949. The fourth-order valence-corrected chi connectivity index (χ4v) is 3.71. The zero-order valence-electron chi connectivity index (χ0n) is 9.53. The van der Waals surface area contributed by atoms with Crippen molar-refractivity contribution in [1.82, 2.24) is 0 Å². The van der Waals surface area contributed by atoms with E-state index in [4.69, 9.17) is 0 Å². The van der Waals surface area contributed by atoms with Gasteiger partial charge >= 0.3 is 0 Å². The molecule has 1 aromatic carbocycles. The van der Waals surface area contributed by atoms with Crippen LogP contribution < -0.4 is 4.90 Å². The number of rotatable bonds is 2. The van der Waals surface area contributed by atoms with Crippen LogP contribution in [-0.4, -0.2) is 13.1 Å². The summed E-state index contributed by atoms with van der Waals surface area (Å²) in [6.45, 7) is 2.42. The number of nitrogens with zero attached hydrogens (tertiary/aromatic N) is 1. The van der Waals surface area contributed by atoms with Gasteiger partial charge in [-0.2, -0.15) is 0 Å². The van der Waals surface area contributed by atoms with E-state index in [0.717, 1.165) is 0 Å². The first-order valence-corrected chi connectivity index (χ1v) is 7.59. The standard InChI is InChI=1S/C14H14BrNS/c15-12-9-14(17-10-12)11-3-5-13(6-4-11)16-7-1-2-8-16/h3-6,9-10H,1-2,7-8H2. The molecule has 0 aliphatic carbocycles. The van der Waals surface area contributed by atoms with E-state index in [2.05, 4.69) is 56.5 Å². The Morgan fingerprint density at radius 1 is 1.06 bits per heavy atom. The van der Waals surface area contributed by atoms with Gasteiger partial charge in [-0.25, -0.2) is 0 Å². The third-order valence-corrected chi connectivity index (χ3v) is 4.93. The zero-order chi connectivity index (χ0) is 11.7. The second-order valence-corrected chi connectivity index (χ2v) is 6.20. The first-order chi connectivity index (χ1) is 8.33. The van der Waals surface area contributed by atoms with Gasteiger partial charge in [-0.05, 0) is 52.5 Å². The summed E-state index contributed by atoms with van der Waals surface area (Å²) in [5.41, 5.74) is 2.67. The molecule has 1 aliphatic heterocycles. The van der Waals surface area contributed by atoms with Crippen molar-refractivity contribution in [1.29, 1.82) is 0 Å². The Balaban J connectivity index is 1.84. The van der Waals surface area contributed by atoms with Crippen LogP contribution in [0.4, 0.5) is 5.69 Å². The smallest absolute Gasteiger partial charge is 0.0366 e. The molecule has 0 bridgehead atoms. The van der Waals surface area contributed by atoms with E-state index < -0.39 is 0 Å². The molecule has 88 valence electrons. The van der Waals surface area contributed by atoms with Crippen molar-refractivity contribution in [3.63, 3.8) is 0 Å². The molecule has 0 radical (unpaired) electrons. The normalized spacial score (nSPS) is 15.5. The van der Waals surface area contributed by atoms with Crippen molar-refractivity contribution in [2.24, 2.45) is 0 Å². The fraction of sp³-hybridized carbons (Fsp3) is 0.286. The molecule has 0 spiro atoms. The molecule has 1 aliphatic rings. The average Bonchev–Trinajstić information content (AvgIpc) is 3.00. The van der Waals surface area contributed by atoms with Crippen LogP contribution in [0.25, 0.3) is 10.4 Å². The van der Waals surface area contributed by atoms with Gasteiger partial charge < -0.3 is 4.90 Å². The average molecular weight is 308 g/mol. The lowest BCUT2D eigenvalue weighted by Gasteiger charge is -2.17. The van der Waals surface area contributed by atoms with E-state index in [1.54, 1.807) is 11.3 Å². The first-order valence-electron chi connectivity index (χ1n) is 5.92. The van der Waals surface area contributed by atoms with Gasteiger partial charge in [0.05, 0.1) is 0 Å². The van der Waals surface area contributed by atoms with E-state index in [0.29, 0.717) is 0 Å². The highest BCUT2D eigenvalue weighted by molar-refractivity contribution is 9.10. The van der Waals surface area contributed by atoms with Crippen LogP contribution in [0.3, 0.4) is 0 Å². The van der Waals surface area contributed by atoms with E-state index in [1.165, 1.54) is 46.5 Å². The number of anilines is 1. The van der Waals surface area contributed by atoms with E-state index in [-0.39, 0.29) is 0 Å². The molecule has 3 rings (SSSR count). The van der Waals surface area contributed by atoms with Crippen LogP contribution in [0.15, 0.2) is 40.2 Å². The monoisotopic (exact) mass is 307 g/mol. The van der Waals surface area contributed by atoms with Crippen LogP contribution >= 0.6 is 27.3 Å². The minimum Gasteiger partial charge on any atom is -0.372 e. The Morgan fingerprint density at radius 3 is 2.35 bits per heavy atom. The summed E-state index contributed by atoms with van der Waals surface area (Å²) in [6.07, 6.45) is 2.67. The Morgan fingerprint density at radius 2 is 1.76 bits per heavy atom. The molecule has 17 heavy (non-hydrogen) atoms. The summed E-state index contributed by atoms with van der Waals surface area (Å²) in [6, 6.07) is 11.1. The molecule has 0 amide bonds. The summed E-state index contributed by atoms with van der Waals surface area (Å²) in [5, 5.41) is 2.13. The van der Waals surface area contributed by atoms with Crippen molar-refractivity contribution in [2.75, 3.05) is 18.0 Å². The van der Waals surface area contributed by atoms with E-state index >= 15 is 0 Å². The summed E-state index contributed by atoms with van der Waals surface area (Å²) in [5.74, 6) is 0. The molecule has 3 heteroatoms. The Bertz CT molecular complexity index is 497. The van der Waals surface area contributed by atoms with Crippen molar-refractivity contribution >= 4 is 33.0 Å². The Labute approximate surface area is 114 Å². The predicted octanol–water partition coefficient (Wildman–Crippen LogP) is 4.78. The molecule has 0 atom stereocenters. The molecule has 2 aromatic rings. The van der Waals surface area contributed by atoms with Crippen LogP contribution in [0.2, 0.25) is 0 Å². The lowest BCUT2D eigenvalue weighted by Crippen LogP contribution is -2.17. The largest absolute Gasteiger partial charge is 0.372 e. The number of hydrogen-bond donors (Lipinski definition) is 0. The molecule has 1 aromatic heterocycles. The maximum atomic E-state index is 3.50. The van der Waals surface area contributed by atoms with Gasteiger partial charge in [0.1, 0.15) is 0 Å². The van der Waals surface area contributed by atoms with Gasteiger partial charge in [-0.1, -0.05) is 12.1 Å². The summed E-state index contributed by atoms with van der Waals surface area (Å²) in [4.78, 5) is 3.79. The highest BCUT2D eigenvalue weighted by Gasteiger charge is 2.12. The second-order valence-electron chi connectivity index (χ2n) is 4.37. The first kappa shape index (κ1) is 11.3. The highest BCUT2D eigenvalue weighted by atomic mass is 79.9. The summed E-state index contributed by atoms with van der Waals surface area (Å²) >= 11 is 5.28. The van der Waals surface area contributed by atoms with Crippen molar-refractivity contribution in [3.05, 3.63) is 40.2 Å². The minimum absolute atomic E-state index is 1.17. The van der Waals surface area contributed by atoms with Gasteiger partial charge in [0, 0.05) is 33.5 Å². The number of benzene rings is 1. The molecule has 2 heterocycles.